The molecular formula is C28H35N5. The highest BCUT2D eigenvalue weighted by molar-refractivity contribution is 5.71. The fourth-order valence-corrected chi connectivity index (χ4v) is 5.03. The van der Waals surface area contributed by atoms with Crippen molar-refractivity contribution in [3.05, 3.63) is 77.6 Å². The van der Waals surface area contributed by atoms with Gasteiger partial charge < -0.3 is 10.6 Å². The molecule has 0 aliphatic heterocycles. The molecule has 5 heteroatoms. The molecule has 3 aromatic rings. The second-order valence-electron chi connectivity index (χ2n) is 9.56. The summed E-state index contributed by atoms with van der Waals surface area (Å²) in [5.41, 5.74) is 7.69. The topological polar surface area (TPSA) is 62.7 Å². The summed E-state index contributed by atoms with van der Waals surface area (Å²) in [5, 5.41) is 16.0. The summed E-state index contributed by atoms with van der Waals surface area (Å²) in [5.74, 6) is 1.52. The lowest BCUT2D eigenvalue weighted by molar-refractivity contribution is 0.164. The molecule has 4 rings (SSSR count). The summed E-state index contributed by atoms with van der Waals surface area (Å²) < 4.78 is 0. The van der Waals surface area contributed by atoms with Crippen molar-refractivity contribution in [2.75, 3.05) is 18.4 Å². The molecule has 1 aliphatic carbocycles. The minimum Gasteiger partial charge on any atom is -0.385 e. The Labute approximate surface area is 197 Å². The predicted octanol–water partition coefficient (Wildman–Crippen LogP) is 5.91. The lowest BCUT2D eigenvalue weighted by atomic mass is 9.60. The summed E-state index contributed by atoms with van der Waals surface area (Å²) in [6.45, 7) is 14.6. The third-order valence-corrected chi connectivity index (χ3v) is 6.71. The highest BCUT2D eigenvalue weighted by Gasteiger charge is 2.45. The van der Waals surface area contributed by atoms with Crippen molar-refractivity contribution >= 4 is 11.5 Å². The Balaban J connectivity index is 1.49. The fourth-order valence-electron chi connectivity index (χ4n) is 5.03. The van der Waals surface area contributed by atoms with Crippen LogP contribution in [0.15, 0.2) is 55.2 Å². The number of aryl methyl sites for hydroxylation is 2. The van der Waals surface area contributed by atoms with E-state index in [1.807, 2.05) is 24.4 Å². The van der Waals surface area contributed by atoms with Crippen molar-refractivity contribution < 1.29 is 0 Å². The maximum absolute atomic E-state index is 4.74. The van der Waals surface area contributed by atoms with Crippen molar-refractivity contribution in [1.29, 1.82) is 0 Å². The van der Waals surface area contributed by atoms with Gasteiger partial charge in [-0.3, -0.25) is 4.98 Å². The zero-order chi connectivity index (χ0) is 23.4. The second kappa shape index (κ2) is 9.74. The predicted molar refractivity (Wildman–Crippen MR) is 137 cm³/mol. The van der Waals surface area contributed by atoms with E-state index in [9.17, 15) is 0 Å². The SMILES string of the molecule is C=C(NCCC)c1ccc(C)c(-c2ccc(NCC3(c4ncccc4C)CC(C)C3)nn2)c1. The van der Waals surface area contributed by atoms with E-state index in [0.29, 0.717) is 0 Å². The summed E-state index contributed by atoms with van der Waals surface area (Å²) in [7, 11) is 0. The zero-order valence-electron chi connectivity index (χ0n) is 20.3. The smallest absolute Gasteiger partial charge is 0.148 e. The molecule has 0 spiro atoms. The van der Waals surface area contributed by atoms with Gasteiger partial charge in [0.15, 0.2) is 0 Å². The molecule has 0 unspecified atom stereocenters. The van der Waals surface area contributed by atoms with E-state index in [1.165, 1.54) is 16.8 Å². The quantitative estimate of drug-likeness (QED) is 0.432. The number of anilines is 1. The number of rotatable bonds is 9. The molecule has 1 aromatic carbocycles. The number of hydrogen-bond acceptors (Lipinski definition) is 5. The number of nitrogens with one attached hydrogen (secondary N) is 2. The van der Waals surface area contributed by atoms with Gasteiger partial charge in [-0.2, -0.15) is 0 Å². The van der Waals surface area contributed by atoms with Crippen LogP contribution < -0.4 is 10.6 Å². The maximum Gasteiger partial charge on any atom is 0.148 e. The molecule has 0 saturated heterocycles. The number of benzene rings is 1. The Bertz CT molecular complexity index is 1110. The van der Waals surface area contributed by atoms with Gasteiger partial charge in [-0.05, 0) is 80.0 Å². The van der Waals surface area contributed by atoms with Crippen molar-refractivity contribution in [2.45, 2.75) is 52.4 Å². The van der Waals surface area contributed by atoms with E-state index in [-0.39, 0.29) is 5.41 Å². The summed E-state index contributed by atoms with van der Waals surface area (Å²) in [6.07, 6.45) is 5.26. The number of pyridine rings is 1. The molecule has 1 fully saturated rings. The molecule has 0 radical (unpaired) electrons. The lowest BCUT2D eigenvalue weighted by Gasteiger charge is -2.47. The first-order valence-electron chi connectivity index (χ1n) is 12.0. The van der Waals surface area contributed by atoms with E-state index in [2.05, 4.69) is 79.4 Å². The Morgan fingerprint density at radius 3 is 2.58 bits per heavy atom. The largest absolute Gasteiger partial charge is 0.385 e. The normalized spacial score (nSPS) is 19.6. The summed E-state index contributed by atoms with van der Waals surface area (Å²) in [6, 6.07) is 14.6. The number of nitrogens with zero attached hydrogens (tertiary/aromatic N) is 3. The molecule has 0 atom stereocenters. The van der Waals surface area contributed by atoms with Crippen LogP contribution in [0.4, 0.5) is 5.82 Å². The van der Waals surface area contributed by atoms with Gasteiger partial charge in [-0.15, -0.1) is 10.2 Å². The fraction of sp³-hybridized carbons (Fsp3) is 0.393. The van der Waals surface area contributed by atoms with Crippen LogP contribution in [0.2, 0.25) is 0 Å². The highest BCUT2D eigenvalue weighted by Crippen LogP contribution is 2.47. The average molecular weight is 442 g/mol. The maximum atomic E-state index is 4.74. The molecule has 5 nitrogen and oxygen atoms in total. The van der Waals surface area contributed by atoms with Crippen LogP contribution >= 0.6 is 0 Å². The first kappa shape index (κ1) is 23.0. The molecule has 2 heterocycles. The molecule has 1 saturated carbocycles. The van der Waals surface area contributed by atoms with Crippen molar-refractivity contribution in [3.63, 3.8) is 0 Å². The molecule has 0 bridgehead atoms. The molecule has 172 valence electrons. The van der Waals surface area contributed by atoms with Gasteiger partial charge in [0, 0.05) is 36.0 Å². The van der Waals surface area contributed by atoms with E-state index >= 15 is 0 Å². The highest BCUT2D eigenvalue weighted by atomic mass is 15.2. The van der Waals surface area contributed by atoms with Crippen LogP contribution in [0.25, 0.3) is 17.0 Å². The second-order valence-corrected chi connectivity index (χ2v) is 9.56. The molecule has 33 heavy (non-hydrogen) atoms. The molecule has 0 amide bonds. The lowest BCUT2D eigenvalue weighted by Crippen LogP contribution is -2.46. The van der Waals surface area contributed by atoms with Gasteiger partial charge in [0.25, 0.3) is 0 Å². The average Bonchev–Trinajstić information content (AvgIpc) is 2.80. The molecule has 1 aliphatic rings. The Kier molecular flexibility index (Phi) is 6.77. The van der Waals surface area contributed by atoms with E-state index in [4.69, 9.17) is 4.98 Å². The monoisotopic (exact) mass is 441 g/mol. The van der Waals surface area contributed by atoms with E-state index in [1.54, 1.807) is 0 Å². The number of aromatic nitrogens is 3. The van der Waals surface area contributed by atoms with Gasteiger partial charge in [0.1, 0.15) is 5.82 Å². The first-order chi connectivity index (χ1) is 15.9. The van der Waals surface area contributed by atoms with Crippen LogP contribution in [0.3, 0.4) is 0 Å². The van der Waals surface area contributed by atoms with Crippen LogP contribution in [0, 0.1) is 19.8 Å². The Hall–Kier alpha value is -3.21. The zero-order valence-corrected chi connectivity index (χ0v) is 20.3. The van der Waals surface area contributed by atoms with Crippen LogP contribution in [-0.4, -0.2) is 28.3 Å². The molecule has 2 aromatic heterocycles. The van der Waals surface area contributed by atoms with Gasteiger partial charge in [-0.1, -0.05) is 38.6 Å². The van der Waals surface area contributed by atoms with Gasteiger partial charge in [-0.25, -0.2) is 0 Å². The van der Waals surface area contributed by atoms with Crippen LogP contribution in [0.5, 0.6) is 0 Å². The van der Waals surface area contributed by atoms with Crippen LogP contribution in [0.1, 0.15) is 55.5 Å². The molecule has 2 N–H and O–H groups in total. The van der Waals surface area contributed by atoms with Crippen molar-refractivity contribution in [3.8, 4) is 11.3 Å². The third kappa shape index (κ3) is 4.92. The van der Waals surface area contributed by atoms with Gasteiger partial charge in [0.05, 0.1) is 11.4 Å². The minimum atomic E-state index is 0.0713. The number of hydrogen-bond donors (Lipinski definition) is 2. The first-order valence-corrected chi connectivity index (χ1v) is 12.0. The van der Waals surface area contributed by atoms with E-state index in [0.717, 1.165) is 66.6 Å². The van der Waals surface area contributed by atoms with Crippen LogP contribution in [-0.2, 0) is 5.41 Å². The third-order valence-electron chi connectivity index (χ3n) is 6.71. The Morgan fingerprint density at radius 1 is 1.09 bits per heavy atom. The minimum absolute atomic E-state index is 0.0713. The van der Waals surface area contributed by atoms with E-state index < -0.39 is 0 Å². The molecular weight excluding hydrogens is 406 g/mol. The van der Waals surface area contributed by atoms with Crippen molar-refractivity contribution in [2.24, 2.45) is 5.92 Å². The summed E-state index contributed by atoms with van der Waals surface area (Å²) >= 11 is 0. The van der Waals surface area contributed by atoms with Gasteiger partial charge >= 0.3 is 0 Å². The summed E-state index contributed by atoms with van der Waals surface area (Å²) in [4.78, 5) is 4.74. The standard InChI is InChI=1S/C28H35N5/c1-6-13-29-22(5)23-10-9-20(3)24(15-23)25-11-12-26(33-32-25)31-18-28(16-19(2)17-28)27-21(4)8-7-14-30-27/h7-12,14-15,19,29H,5-6,13,16-18H2,1-4H3,(H,31,33). The van der Waals surface area contributed by atoms with Gasteiger partial charge in [0.2, 0.25) is 0 Å². The van der Waals surface area contributed by atoms with Crippen molar-refractivity contribution in [1.82, 2.24) is 20.5 Å². The Morgan fingerprint density at radius 2 is 1.91 bits per heavy atom.